The Labute approximate surface area is 128 Å². The summed E-state index contributed by atoms with van der Waals surface area (Å²) in [5.74, 6) is 6.36. The number of hydrogen-bond acceptors (Lipinski definition) is 3. The van der Waals surface area contributed by atoms with Crippen LogP contribution in [0.5, 0.6) is 0 Å². The van der Waals surface area contributed by atoms with Gasteiger partial charge >= 0.3 is 0 Å². The number of carbonyl (C=O) groups excluding carboxylic acids is 1. The quantitative estimate of drug-likeness (QED) is 0.853. The number of hydrogen-bond donors (Lipinski definition) is 1. The number of amides is 1. The van der Waals surface area contributed by atoms with Crippen molar-refractivity contribution in [1.82, 2.24) is 5.32 Å². The lowest BCUT2D eigenvalue weighted by atomic mass is 9.98. The van der Waals surface area contributed by atoms with Crippen molar-refractivity contribution in [3.05, 3.63) is 27.4 Å². The summed E-state index contributed by atoms with van der Waals surface area (Å²) in [6, 6.07) is 1.98. The Kier molecular flexibility index (Phi) is 5.24. The third kappa shape index (κ3) is 4.11. The van der Waals surface area contributed by atoms with Crippen LogP contribution in [0.15, 0.2) is 12.6 Å². The van der Waals surface area contributed by atoms with Crippen molar-refractivity contribution >= 4 is 34.9 Å². The number of rotatable bonds is 2. The summed E-state index contributed by atoms with van der Waals surface area (Å²) in [5, 5.41) is 2.87. The summed E-state index contributed by atoms with van der Waals surface area (Å²) < 4.78 is 6.16. The lowest BCUT2D eigenvalue weighted by Gasteiger charge is -2.26. The van der Waals surface area contributed by atoms with E-state index in [1.165, 1.54) is 18.3 Å². The molecule has 3 nitrogen and oxygen atoms in total. The van der Waals surface area contributed by atoms with E-state index in [0.29, 0.717) is 17.6 Å². The first kappa shape index (κ1) is 15.1. The maximum absolute atomic E-state index is 11.1. The second-order valence-electron chi connectivity index (χ2n) is 4.68. The fraction of sp³-hybridized carbons (Fsp3) is 0.400. The topological polar surface area (TPSA) is 38.3 Å². The molecule has 5 heteroatoms. The lowest BCUT2D eigenvalue weighted by Crippen LogP contribution is -2.42. The summed E-state index contributed by atoms with van der Waals surface area (Å²) in [6.45, 7) is 6.38. The average molecular weight is 310 g/mol. The van der Waals surface area contributed by atoms with Crippen LogP contribution in [0.4, 0.5) is 0 Å². The molecule has 0 aromatic carbocycles. The Hall–Kier alpha value is -1.28. The molecule has 2 atom stereocenters. The van der Waals surface area contributed by atoms with Crippen LogP contribution < -0.4 is 5.32 Å². The van der Waals surface area contributed by atoms with Gasteiger partial charge in [-0.2, -0.15) is 0 Å². The van der Waals surface area contributed by atoms with Gasteiger partial charge in [0.25, 0.3) is 0 Å². The van der Waals surface area contributed by atoms with Crippen LogP contribution in [0, 0.1) is 17.8 Å². The van der Waals surface area contributed by atoms with E-state index in [1.807, 2.05) is 6.07 Å². The molecule has 0 spiro atoms. The molecule has 2 unspecified atom stereocenters. The van der Waals surface area contributed by atoms with Crippen molar-refractivity contribution < 1.29 is 9.53 Å². The minimum absolute atomic E-state index is 0.0382. The van der Waals surface area contributed by atoms with Gasteiger partial charge in [-0.15, -0.1) is 11.3 Å². The molecule has 2 heterocycles. The average Bonchev–Trinajstić information content (AvgIpc) is 2.77. The zero-order valence-corrected chi connectivity index (χ0v) is 12.8. The highest BCUT2D eigenvalue weighted by atomic mass is 35.5. The van der Waals surface area contributed by atoms with E-state index in [2.05, 4.69) is 23.7 Å². The van der Waals surface area contributed by atoms with Gasteiger partial charge in [0.15, 0.2) is 0 Å². The fourth-order valence-corrected chi connectivity index (χ4v) is 3.13. The second kappa shape index (κ2) is 6.94. The van der Waals surface area contributed by atoms with Crippen molar-refractivity contribution in [3.63, 3.8) is 0 Å². The first-order valence-corrected chi connectivity index (χ1v) is 7.56. The molecule has 0 radical (unpaired) electrons. The molecule has 1 aromatic heterocycles. The third-order valence-electron chi connectivity index (χ3n) is 2.93. The Morgan fingerprint density at radius 1 is 1.65 bits per heavy atom. The van der Waals surface area contributed by atoms with Crippen molar-refractivity contribution in [3.8, 4) is 11.8 Å². The van der Waals surface area contributed by atoms with Gasteiger partial charge in [-0.3, -0.25) is 4.79 Å². The smallest absolute Gasteiger partial charge is 0.217 e. The standard InChI is InChI=1S/C15H16ClNO2S/c1-3-14-7-12(15(16)20-14)5-4-11-6-13(9-19-8-11)17-10(2)18/h3,7,11,13H,1,6,8-9H2,2H3,(H,17,18). The monoisotopic (exact) mass is 309 g/mol. The van der Waals surface area contributed by atoms with Crippen molar-refractivity contribution in [1.29, 1.82) is 0 Å². The lowest BCUT2D eigenvalue weighted by molar-refractivity contribution is -0.120. The number of nitrogens with one attached hydrogen (secondary N) is 1. The van der Waals surface area contributed by atoms with Crippen LogP contribution in [0.2, 0.25) is 4.34 Å². The molecule has 1 aromatic rings. The van der Waals surface area contributed by atoms with Gasteiger partial charge in [-0.25, -0.2) is 0 Å². The molecule has 1 saturated heterocycles. The number of halogens is 1. The molecule has 0 saturated carbocycles. The minimum Gasteiger partial charge on any atom is -0.378 e. The number of thiophene rings is 1. The van der Waals surface area contributed by atoms with Crippen LogP contribution in [0.1, 0.15) is 23.8 Å². The van der Waals surface area contributed by atoms with Gasteiger partial charge in [0.1, 0.15) is 4.34 Å². The van der Waals surface area contributed by atoms with Gasteiger partial charge in [0.05, 0.1) is 24.8 Å². The van der Waals surface area contributed by atoms with E-state index in [9.17, 15) is 4.79 Å². The molecule has 1 aliphatic heterocycles. The van der Waals surface area contributed by atoms with Crippen molar-refractivity contribution in [2.24, 2.45) is 5.92 Å². The van der Waals surface area contributed by atoms with Crippen LogP contribution in [0.25, 0.3) is 6.08 Å². The molecule has 1 N–H and O–H groups in total. The van der Waals surface area contributed by atoms with Crippen LogP contribution in [-0.2, 0) is 9.53 Å². The molecular weight excluding hydrogens is 294 g/mol. The van der Waals surface area contributed by atoms with Crippen LogP contribution in [0.3, 0.4) is 0 Å². The van der Waals surface area contributed by atoms with E-state index in [0.717, 1.165) is 16.9 Å². The Morgan fingerprint density at radius 2 is 2.45 bits per heavy atom. The highest BCUT2D eigenvalue weighted by molar-refractivity contribution is 7.17. The van der Waals surface area contributed by atoms with E-state index < -0.39 is 0 Å². The van der Waals surface area contributed by atoms with E-state index >= 15 is 0 Å². The normalized spacial score (nSPS) is 21.7. The van der Waals surface area contributed by atoms with Crippen molar-refractivity contribution in [2.75, 3.05) is 13.2 Å². The molecular formula is C15H16ClNO2S. The van der Waals surface area contributed by atoms with Crippen LogP contribution >= 0.6 is 22.9 Å². The first-order valence-electron chi connectivity index (χ1n) is 6.36. The van der Waals surface area contributed by atoms with E-state index in [4.69, 9.17) is 16.3 Å². The summed E-state index contributed by atoms with van der Waals surface area (Å²) in [6.07, 6.45) is 2.57. The third-order valence-corrected chi connectivity index (χ3v) is 4.29. The summed E-state index contributed by atoms with van der Waals surface area (Å²) >= 11 is 7.59. The molecule has 2 rings (SSSR count). The van der Waals surface area contributed by atoms with Gasteiger partial charge < -0.3 is 10.1 Å². The SMILES string of the molecule is C=Cc1cc(C#CC2COCC(NC(C)=O)C2)c(Cl)s1. The predicted molar refractivity (Wildman–Crippen MR) is 82.8 cm³/mol. The van der Waals surface area contributed by atoms with Gasteiger partial charge in [0.2, 0.25) is 5.91 Å². The van der Waals surface area contributed by atoms with Crippen LogP contribution in [-0.4, -0.2) is 25.2 Å². The number of ether oxygens (including phenoxy) is 1. The maximum Gasteiger partial charge on any atom is 0.217 e. The minimum atomic E-state index is -0.0382. The van der Waals surface area contributed by atoms with Gasteiger partial charge in [-0.05, 0) is 12.5 Å². The molecule has 106 valence electrons. The summed E-state index contributed by atoms with van der Waals surface area (Å²) in [5.41, 5.74) is 0.827. The number of carbonyl (C=O) groups is 1. The Balaban J connectivity index is 2.02. The van der Waals surface area contributed by atoms with Gasteiger partial charge in [0, 0.05) is 17.7 Å². The van der Waals surface area contributed by atoms with Gasteiger partial charge in [-0.1, -0.05) is 36.1 Å². The van der Waals surface area contributed by atoms with E-state index in [-0.39, 0.29) is 17.9 Å². The Bertz CT molecular complexity index is 570. The fourth-order valence-electron chi connectivity index (χ4n) is 2.07. The highest BCUT2D eigenvalue weighted by Gasteiger charge is 2.21. The summed E-state index contributed by atoms with van der Waals surface area (Å²) in [4.78, 5) is 12.1. The Morgan fingerprint density at radius 3 is 3.10 bits per heavy atom. The highest BCUT2D eigenvalue weighted by Crippen LogP contribution is 2.27. The van der Waals surface area contributed by atoms with E-state index in [1.54, 1.807) is 6.08 Å². The molecule has 1 fully saturated rings. The molecule has 20 heavy (non-hydrogen) atoms. The molecule has 1 amide bonds. The zero-order chi connectivity index (χ0) is 14.5. The zero-order valence-electron chi connectivity index (χ0n) is 11.2. The maximum atomic E-state index is 11.1. The van der Waals surface area contributed by atoms with Crippen molar-refractivity contribution in [2.45, 2.75) is 19.4 Å². The largest absolute Gasteiger partial charge is 0.378 e. The molecule has 0 aliphatic carbocycles. The molecule has 0 bridgehead atoms. The second-order valence-corrected chi connectivity index (χ2v) is 6.36. The predicted octanol–water partition coefficient (Wildman–Crippen LogP) is 2.94. The summed E-state index contributed by atoms with van der Waals surface area (Å²) in [7, 11) is 0. The first-order chi connectivity index (χ1) is 9.58. The molecule has 1 aliphatic rings.